The summed E-state index contributed by atoms with van der Waals surface area (Å²) in [5, 5.41) is 0. The second-order valence-electron chi connectivity index (χ2n) is 2.83. The molecule has 1 aliphatic rings. The van der Waals surface area contributed by atoms with Crippen molar-refractivity contribution in [2.45, 2.75) is 6.04 Å². The third kappa shape index (κ3) is 0.921. The monoisotopic (exact) mass is 168 g/mol. The van der Waals surface area contributed by atoms with E-state index in [4.69, 9.17) is 16.2 Å². The summed E-state index contributed by atoms with van der Waals surface area (Å²) in [6.45, 7) is 0.329. The molecule has 0 spiro atoms. The van der Waals surface area contributed by atoms with Gasteiger partial charge in [0.1, 0.15) is 18.2 Å². The molecule has 0 aliphatic carbocycles. The summed E-state index contributed by atoms with van der Waals surface area (Å²) in [4.78, 5) is 0. The van der Waals surface area contributed by atoms with Crippen LogP contribution < -0.4 is 16.2 Å². The largest absolute Gasteiger partial charge is 0.491 e. The van der Waals surface area contributed by atoms with Gasteiger partial charge in [-0.2, -0.15) is 0 Å². The number of hydrogen-bond acceptors (Lipinski definition) is 3. The van der Waals surface area contributed by atoms with Gasteiger partial charge < -0.3 is 16.2 Å². The molecule has 12 heavy (non-hydrogen) atoms. The zero-order valence-corrected chi connectivity index (χ0v) is 6.38. The number of benzene rings is 1. The Bertz CT molecular complexity index is 327. The lowest BCUT2D eigenvalue weighted by Crippen LogP contribution is -2.12. The molecule has 1 heterocycles. The molecule has 0 saturated heterocycles. The first-order chi connectivity index (χ1) is 5.68. The Balaban J connectivity index is 2.60. The highest BCUT2D eigenvalue weighted by atomic mass is 19.1. The minimum atomic E-state index is -0.380. The SMILES string of the molecule is Nc1cc(F)c2c(c1)OC[C@@H]2N. The fourth-order valence-electron chi connectivity index (χ4n) is 1.35. The van der Waals surface area contributed by atoms with Crippen LogP contribution in [0.3, 0.4) is 0 Å². The van der Waals surface area contributed by atoms with Crippen LogP contribution in [0.25, 0.3) is 0 Å². The minimum absolute atomic E-state index is 0.329. The van der Waals surface area contributed by atoms with Crippen molar-refractivity contribution in [3.8, 4) is 5.75 Å². The average Bonchev–Trinajstić information content (AvgIpc) is 2.31. The van der Waals surface area contributed by atoms with Crippen molar-refractivity contribution in [2.75, 3.05) is 12.3 Å². The Labute approximate surface area is 69.1 Å². The summed E-state index contributed by atoms with van der Waals surface area (Å²) in [5.74, 6) is 0.0926. The normalized spacial score (nSPS) is 20.3. The van der Waals surface area contributed by atoms with Crippen molar-refractivity contribution in [1.82, 2.24) is 0 Å². The van der Waals surface area contributed by atoms with Crippen LogP contribution in [0.15, 0.2) is 12.1 Å². The third-order valence-corrected chi connectivity index (χ3v) is 1.90. The molecule has 0 fully saturated rings. The van der Waals surface area contributed by atoms with Gasteiger partial charge in [0.15, 0.2) is 0 Å². The fourth-order valence-corrected chi connectivity index (χ4v) is 1.35. The molecule has 64 valence electrons. The molecule has 3 nitrogen and oxygen atoms in total. The van der Waals surface area contributed by atoms with Gasteiger partial charge >= 0.3 is 0 Å². The second-order valence-corrected chi connectivity index (χ2v) is 2.83. The Morgan fingerprint density at radius 2 is 2.25 bits per heavy atom. The van der Waals surface area contributed by atoms with Crippen molar-refractivity contribution in [3.05, 3.63) is 23.5 Å². The van der Waals surface area contributed by atoms with Gasteiger partial charge in [-0.15, -0.1) is 0 Å². The van der Waals surface area contributed by atoms with Gasteiger partial charge in [-0.25, -0.2) is 4.39 Å². The fraction of sp³-hybridized carbons (Fsp3) is 0.250. The van der Waals surface area contributed by atoms with Crippen LogP contribution in [-0.4, -0.2) is 6.61 Å². The van der Waals surface area contributed by atoms with Crippen molar-refractivity contribution < 1.29 is 9.13 Å². The first kappa shape index (κ1) is 7.36. The van der Waals surface area contributed by atoms with Crippen LogP contribution in [0.1, 0.15) is 11.6 Å². The molecule has 0 aromatic heterocycles. The summed E-state index contributed by atoms with van der Waals surface area (Å²) in [5.41, 5.74) is 11.8. The molecule has 0 bridgehead atoms. The molecule has 1 atom stereocenters. The maximum absolute atomic E-state index is 13.2. The van der Waals surface area contributed by atoms with Gasteiger partial charge in [0, 0.05) is 11.8 Å². The zero-order valence-electron chi connectivity index (χ0n) is 6.38. The molecular formula is C8H9FN2O. The summed E-state index contributed by atoms with van der Waals surface area (Å²) >= 11 is 0. The number of hydrogen-bond donors (Lipinski definition) is 2. The number of ether oxygens (including phenoxy) is 1. The van der Waals surface area contributed by atoms with Gasteiger partial charge in [-0.1, -0.05) is 0 Å². The number of rotatable bonds is 0. The molecule has 0 amide bonds. The summed E-state index contributed by atoms with van der Waals surface area (Å²) < 4.78 is 18.3. The molecule has 4 heteroatoms. The van der Waals surface area contributed by atoms with E-state index in [-0.39, 0.29) is 11.9 Å². The number of nitrogen functional groups attached to an aromatic ring is 1. The lowest BCUT2D eigenvalue weighted by molar-refractivity contribution is 0.333. The smallest absolute Gasteiger partial charge is 0.133 e. The van der Waals surface area contributed by atoms with Crippen LogP contribution in [0.4, 0.5) is 10.1 Å². The van der Waals surface area contributed by atoms with Crippen LogP contribution in [0.5, 0.6) is 5.75 Å². The summed E-state index contributed by atoms with van der Waals surface area (Å²) in [6, 6.07) is 2.49. The molecule has 4 N–H and O–H groups in total. The predicted molar refractivity (Wildman–Crippen MR) is 43.2 cm³/mol. The van der Waals surface area contributed by atoms with Crippen LogP contribution >= 0.6 is 0 Å². The van der Waals surface area contributed by atoms with E-state index in [1.165, 1.54) is 6.07 Å². The number of anilines is 1. The van der Waals surface area contributed by atoms with Crippen molar-refractivity contribution >= 4 is 5.69 Å². The van der Waals surface area contributed by atoms with Crippen molar-refractivity contribution in [2.24, 2.45) is 5.73 Å². The maximum atomic E-state index is 13.2. The predicted octanol–water partition coefficient (Wildman–Crippen LogP) is 0.800. The van der Waals surface area contributed by atoms with Gasteiger partial charge in [-0.3, -0.25) is 0 Å². The van der Waals surface area contributed by atoms with E-state index >= 15 is 0 Å². The quantitative estimate of drug-likeness (QED) is 0.563. The highest BCUT2D eigenvalue weighted by molar-refractivity contribution is 5.52. The Morgan fingerprint density at radius 1 is 1.50 bits per heavy atom. The maximum Gasteiger partial charge on any atom is 0.133 e. The lowest BCUT2D eigenvalue weighted by Gasteiger charge is -2.02. The molecule has 0 radical (unpaired) electrons. The minimum Gasteiger partial charge on any atom is -0.491 e. The van der Waals surface area contributed by atoms with E-state index < -0.39 is 0 Å². The van der Waals surface area contributed by atoms with Gasteiger partial charge in [0.25, 0.3) is 0 Å². The third-order valence-electron chi connectivity index (χ3n) is 1.90. The topological polar surface area (TPSA) is 61.3 Å². The van der Waals surface area contributed by atoms with Gasteiger partial charge in [0.05, 0.1) is 11.6 Å². The highest BCUT2D eigenvalue weighted by Crippen LogP contribution is 2.34. The number of fused-ring (bicyclic) bond motifs is 1. The first-order valence-electron chi connectivity index (χ1n) is 3.66. The van der Waals surface area contributed by atoms with Crippen molar-refractivity contribution in [1.29, 1.82) is 0 Å². The molecule has 1 aliphatic heterocycles. The van der Waals surface area contributed by atoms with Crippen molar-refractivity contribution in [3.63, 3.8) is 0 Å². The van der Waals surface area contributed by atoms with E-state index in [0.717, 1.165) is 0 Å². The van der Waals surface area contributed by atoms with E-state index in [9.17, 15) is 4.39 Å². The number of halogens is 1. The Kier molecular flexibility index (Phi) is 1.44. The van der Waals surface area contributed by atoms with E-state index in [0.29, 0.717) is 23.6 Å². The van der Waals surface area contributed by atoms with E-state index in [1.807, 2.05) is 0 Å². The summed E-state index contributed by atoms with van der Waals surface area (Å²) in [6.07, 6.45) is 0. The molecular weight excluding hydrogens is 159 g/mol. The van der Waals surface area contributed by atoms with Gasteiger partial charge in [-0.05, 0) is 6.07 Å². The van der Waals surface area contributed by atoms with E-state index in [2.05, 4.69) is 0 Å². The molecule has 0 unspecified atom stereocenters. The molecule has 0 saturated carbocycles. The standard InChI is InChI=1S/C8H9FN2O/c9-5-1-4(10)2-7-8(5)6(11)3-12-7/h1-2,6H,3,10-11H2/t6-/m0/s1. The molecule has 2 rings (SSSR count). The zero-order chi connectivity index (χ0) is 8.72. The van der Waals surface area contributed by atoms with Crippen LogP contribution in [0.2, 0.25) is 0 Å². The summed E-state index contributed by atoms with van der Waals surface area (Å²) in [7, 11) is 0. The molecule has 1 aromatic carbocycles. The molecule has 1 aromatic rings. The first-order valence-corrected chi connectivity index (χ1v) is 3.66. The second kappa shape index (κ2) is 2.35. The van der Waals surface area contributed by atoms with Crippen LogP contribution in [-0.2, 0) is 0 Å². The lowest BCUT2D eigenvalue weighted by atomic mass is 10.1. The average molecular weight is 168 g/mol. The van der Waals surface area contributed by atoms with Gasteiger partial charge in [0.2, 0.25) is 0 Å². The number of nitrogens with two attached hydrogens (primary N) is 2. The van der Waals surface area contributed by atoms with Crippen LogP contribution in [0, 0.1) is 5.82 Å². The Hall–Kier alpha value is -1.29. The highest BCUT2D eigenvalue weighted by Gasteiger charge is 2.24. The Morgan fingerprint density at radius 3 is 3.00 bits per heavy atom. The van der Waals surface area contributed by atoms with E-state index in [1.54, 1.807) is 6.07 Å².